The Bertz CT molecular complexity index is 664. The predicted octanol–water partition coefficient (Wildman–Crippen LogP) is 2.71. The van der Waals surface area contributed by atoms with E-state index in [0.29, 0.717) is 11.7 Å². The molecule has 0 aliphatic rings. The van der Waals surface area contributed by atoms with Crippen molar-refractivity contribution < 1.29 is 4.74 Å². The number of H-pyrrole nitrogens is 1. The number of hydrogen-bond donors (Lipinski definition) is 2. The van der Waals surface area contributed by atoms with Gasteiger partial charge in [-0.15, -0.1) is 0 Å². The van der Waals surface area contributed by atoms with Crippen LogP contribution in [0.5, 0.6) is 5.88 Å². The number of aromatic nitrogens is 3. The van der Waals surface area contributed by atoms with Crippen molar-refractivity contribution in [2.45, 2.75) is 0 Å². The van der Waals surface area contributed by atoms with Crippen molar-refractivity contribution in [3.8, 4) is 5.88 Å². The normalized spacial score (nSPS) is 10.5. The third-order valence-electron chi connectivity index (χ3n) is 2.66. The molecule has 2 N–H and O–H groups in total. The fourth-order valence-electron chi connectivity index (χ4n) is 1.85. The van der Waals surface area contributed by atoms with Crippen molar-refractivity contribution in [3.63, 3.8) is 0 Å². The van der Waals surface area contributed by atoms with Crippen molar-refractivity contribution in [1.29, 1.82) is 0 Å². The van der Waals surface area contributed by atoms with E-state index in [2.05, 4.69) is 20.5 Å². The Morgan fingerprint density at radius 1 is 1.17 bits per heavy atom. The van der Waals surface area contributed by atoms with Crippen molar-refractivity contribution in [1.82, 2.24) is 15.2 Å². The lowest BCUT2D eigenvalue weighted by Gasteiger charge is -2.08. The number of fused-ring (bicyclic) bond motifs is 1. The monoisotopic (exact) mass is 240 g/mol. The van der Waals surface area contributed by atoms with Crippen LogP contribution >= 0.6 is 0 Å². The van der Waals surface area contributed by atoms with Gasteiger partial charge in [-0.2, -0.15) is 10.1 Å². The van der Waals surface area contributed by atoms with Crippen molar-refractivity contribution in [2.24, 2.45) is 0 Å². The molecule has 1 aromatic carbocycles. The molecule has 0 saturated heterocycles. The van der Waals surface area contributed by atoms with Crippen LogP contribution in [-0.2, 0) is 0 Å². The summed E-state index contributed by atoms with van der Waals surface area (Å²) in [4.78, 5) is 4.41. The fraction of sp³-hybridized carbons (Fsp3) is 0.0769. The molecule has 90 valence electrons. The second-order valence-corrected chi connectivity index (χ2v) is 3.82. The zero-order valence-electron chi connectivity index (χ0n) is 9.84. The van der Waals surface area contributed by atoms with Crippen molar-refractivity contribution in [2.75, 3.05) is 12.4 Å². The molecule has 0 aliphatic heterocycles. The van der Waals surface area contributed by atoms with Gasteiger partial charge in [-0.25, -0.2) is 0 Å². The first-order valence-corrected chi connectivity index (χ1v) is 5.57. The summed E-state index contributed by atoms with van der Waals surface area (Å²) in [6, 6.07) is 11.8. The molecular weight excluding hydrogens is 228 g/mol. The number of rotatable bonds is 3. The van der Waals surface area contributed by atoms with Gasteiger partial charge in [0.25, 0.3) is 0 Å². The summed E-state index contributed by atoms with van der Waals surface area (Å²) in [5.74, 6) is 2.03. The molecule has 3 aromatic rings. The number of hydrogen-bond acceptors (Lipinski definition) is 4. The molecule has 0 unspecified atom stereocenters. The van der Waals surface area contributed by atoms with Crippen molar-refractivity contribution in [3.05, 3.63) is 42.6 Å². The average Bonchev–Trinajstić information content (AvgIpc) is 2.90. The largest absolute Gasteiger partial charge is 0.480 e. The van der Waals surface area contributed by atoms with Crippen LogP contribution in [0.2, 0.25) is 0 Å². The zero-order chi connectivity index (χ0) is 12.4. The van der Waals surface area contributed by atoms with E-state index in [9.17, 15) is 0 Å². The maximum absolute atomic E-state index is 5.31. The summed E-state index contributed by atoms with van der Waals surface area (Å²) in [7, 11) is 1.62. The maximum Gasteiger partial charge on any atom is 0.223 e. The quantitative estimate of drug-likeness (QED) is 0.738. The van der Waals surface area contributed by atoms with Crippen LogP contribution in [0.4, 0.5) is 11.6 Å². The molecular formula is C13H12N4O. The molecule has 5 nitrogen and oxygen atoms in total. The number of nitrogens with one attached hydrogen (secondary N) is 2. The highest BCUT2D eigenvalue weighted by atomic mass is 16.5. The number of aromatic amines is 1. The number of methoxy groups -OCH3 is 1. The van der Waals surface area contributed by atoms with E-state index in [1.54, 1.807) is 13.3 Å². The van der Waals surface area contributed by atoms with E-state index in [1.807, 2.05) is 36.4 Å². The summed E-state index contributed by atoms with van der Waals surface area (Å²) in [5, 5.41) is 12.0. The van der Waals surface area contributed by atoms with E-state index < -0.39 is 0 Å². The van der Waals surface area contributed by atoms with E-state index in [1.165, 1.54) is 0 Å². The summed E-state index contributed by atoms with van der Waals surface area (Å²) in [5.41, 5.74) is 0. The maximum atomic E-state index is 5.31. The van der Waals surface area contributed by atoms with Crippen LogP contribution < -0.4 is 10.1 Å². The molecule has 0 saturated carbocycles. The van der Waals surface area contributed by atoms with Gasteiger partial charge in [0.2, 0.25) is 5.88 Å². The first kappa shape index (κ1) is 10.6. The van der Waals surface area contributed by atoms with Crippen LogP contribution in [0.1, 0.15) is 0 Å². The van der Waals surface area contributed by atoms with Gasteiger partial charge in [0.05, 0.1) is 7.11 Å². The van der Waals surface area contributed by atoms with Crippen LogP contribution in [0.15, 0.2) is 42.6 Å². The highest BCUT2D eigenvalue weighted by Gasteiger charge is 2.06. The van der Waals surface area contributed by atoms with Gasteiger partial charge in [0.15, 0.2) is 5.82 Å². The number of benzene rings is 1. The minimum atomic E-state index is 0.603. The lowest BCUT2D eigenvalue weighted by atomic mass is 10.1. The number of ether oxygens (including phenoxy) is 1. The van der Waals surface area contributed by atoms with Crippen LogP contribution in [0, 0.1) is 0 Å². The smallest absolute Gasteiger partial charge is 0.223 e. The van der Waals surface area contributed by atoms with E-state index in [-0.39, 0.29) is 0 Å². The Morgan fingerprint density at radius 3 is 2.83 bits per heavy atom. The Morgan fingerprint density at radius 2 is 2.06 bits per heavy atom. The minimum Gasteiger partial charge on any atom is -0.480 e. The van der Waals surface area contributed by atoms with Crippen LogP contribution in [-0.4, -0.2) is 22.3 Å². The van der Waals surface area contributed by atoms with Crippen LogP contribution in [0.3, 0.4) is 0 Å². The second kappa shape index (κ2) is 4.37. The summed E-state index contributed by atoms with van der Waals surface area (Å²) >= 11 is 0. The Hall–Kier alpha value is -2.56. The second-order valence-electron chi connectivity index (χ2n) is 3.82. The summed E-state index contributed by atoms with van der Waals surface area (Å²) in [6.07, 6.45) is 1.75. The molecule has 0 amide bonds. The van der Waals surface area contributed by atoms with Crippen LogP contribution in [0.25, 0.3) is 10.8 Å². The Labute approximate surface area is 104 Å². The minimum absolute atomic E-state index is 0.603. The standard InChI is InChI=1S/C13H12N4O/c1-18-13-10-5-3-2-4-9(10)8-12(16-13)15-11-6-7-14-17-11/h2-8H,1H3,(H2,14,15,16,17). The lowest BCUT2D eigenvalue weighted by Crippen LogP contribution is -1.97. The van der Waals surface area contributed by atoms with E-state index >= 15 is 0 Å². The third kappa shape index (κ3) is 1.86. The Kier molecular flexibility index (Phi) is 2.57. The van der Waals surface area contributed by atoms with E-state index in [0.717, 1.165) is 16.6 Å². The molecule has 3 rings (SSSR count). The Balaban J connectivity index is 2.08. The molecule has 0 spiro atoms. The van der Waals surface area contributed by atoms with Crippen molar-refractivity contribution >= 4 is 22.4 Å². The SMILES string of the molecule is COc1nc(Nc2cc[nH]n2)cc2ccccc12. The lowest BCUT2D eigenvalue weighted by molar-refractivity contribution is 0.404. The fourth-order valence-corrected chi connectivity index (χ4v) is 1.85. The molecule has 0 atom stereocenters. The van der Waals surface area contributed by atoms with Gasteiger partial charge in [-0.3, -0.25) is 5.10 Å². The van der Waals surface area contributed by atoms with Gasteiger partial charge in [-0.05, 0) is 17.5 Å². The molecule has 5 heteroatoms. The predicted molar refractivity (Wildman–Crippen MR) is 70.2 cm³/mol. The topological polar surface area (TPSA) is 62.8 Å². The zero-order valence-corrected chi connectivity index (χ0v) is 9.84. The molecule has 0 fully saturated rings. The van der Waals surface area contributed by atoms with E-state index in [4.69, 9.17) is 4.74 Å². The molecule has 0 aliphatic carbocycles. The van der Waals surface area contributed by atoms with Gasteiger partial charge in [0.1, 0.15) is 5.82 Å². The molecule has 18 heavy (non-hydrogen) atoms. The average molecular weight is 240 g/mol. The first-order valence-electron chi connectivity index (χ1n) is 5.57. The van der Waals surface area contributed by atoms with Gasteiger partial charge < -0.3 is 10.1 Å². The molecule has 2 aromatic heterocycles. The van der Waals surface area contributed by atoms with Gasteiger partial charge in [-0.1, -0.05) is 18.2 Å². The summed E-state index contributed by atoms with van der Waals surface area (Å²) < 4.78 is 5.31. The highest BCUT2D eigenvalue weighted by molar-refractivity contribution is 5.89. The molecule has 0 bridgehead atoms. The molecule has 0 radical (unpaired) electrons. The first-order chi connectivity index (χ1) is 8.86. The summed E-state index contributed by atoms with van der Waals surface area (Å²) in [6.45, 7) is 0. The number of anilines is 2. The number of nitrogens with zero attached hydrogens (tertiary/aromatic N) is 2. The van der Waals surface area contributed by atoms with Gasteiger partial charge >= 0.3 is 0 Å². The molecule has 2 heterocycles. The highest BCUT2D eigenvalue weighted by Crippen LogP contribution is 2.27. The van der Waals surface area contributed by atoms with Gasteiger partial charge in [0, 0.05) is 17.6 Å². The third-order valence-corrected chi connectivity index (χ3v) is 2.66. The number of pyridine rings is 1.